The van der Waals surface area contributed by atoms with Crippen molar-refractivity contribution in [2.75, 3.05) is 0 Å². The first-order chi connectivity index (χ1) is 11.1. The molecule has 1 aliphatic rings. The maximum atomic E-state index is 12.4. The number of amidine groups is 1. The van der Waals surface area contributed by atoms with Crippen molar-refractivity contribution in [2.45, 2.75) is 25.6 Å². The molecule has 23 heavy (non-hydrogen) atoms. The molecule has 1 fully saturated rings. The van der Waals surface area contributed by atoms with Crippen molar-refractivity contribution in [1.82, 2.24) is 4.90 Å². The fourth-order valence-electron chi connectivity index (χ4n) is 2.27. The summed E-state index contributed by atoms with van der Waals surface area (Å²) in [6.45, 7) is 4.44. The van der Waals surface area contributed by atoms with Crippen molar-refractivity contribution >= 4 is 29.1 Å². The number of nitrogens with zero attached hydrogens (tertiary/aromatic N) is 3. The lowest BCUT2D eigenvalue weighted by Gasteiger charge is -2.16. The molecule has 0 N–H and O–H groups in total. The molecule has 2 aromatic rings. The molecule has 2 heterocycles. The summed E-state index contributed by atoms with van der Waals surface area (Å²) in [7, 11) is 0. The molecule has 1 aromatic carbocycles. The summed E-state index contributed by atoms with van der Waals surface area (Å²) < 4.78 is 5.17. The average Bonchev–Trinajstić information content (AvgIpc) is 3.14. The normalized spacial score (nSPS) is 20.1. The van der Waals surface area contributed by atoms with Gasteiger partial charge in [-0.05, 0) is 37.1 Å². The van der Waals surface area contributed by atoms with E-state index in [0.29, 0.717) is 17.5 Å². The highest BCUT2D eigenvalue weighted by Gasteiger charge is 2.35. The average molecular weight is 327 g/mol. The number of carbonyl (C=O) groups is 1. The van der Waals surface area contributed by atoms with Crippen LogP contribution in [0.4, 0.5) is 0 Å². The minimum atomic E-state index is -0.142. The zero-order valence-corrected chi connectivity index (χ0v) is 13.8. The van der Waals surface area contributed by atoms with Crippen LogP contribution in [0.25, 0.3) is 0 Å². The maximum absolute atomic E-state index is 12.4. The quantitative estimate of drug-likeness (QED) is 0.638. The predicted molar refractivity (Wildman–Crippen MR) is 92.5 cm³/mol. The van der Waals surface area contributed by atoms with Gasteiger partial charge in [0.05, 0.1) is 24.3 Å². The Morgan fingerprint density at radius 1 is 1.30 bits per heavy atom. The van der Waals surface area contributed by atoms with Crippen molar-refractivity contribution in [3.63, 3.8) is 0 Å². The first kappa shape index (κ1) is 15.6. The molecule has 0 saturated carbocycles. The van der Waals surface area contributed by atoms with Crippen molar-refractivity contribution in [1.29, 1.82) is 0 Å². The van der Waals surface area contributed by atoms with Crippen LogP contribution in [0.5, 0.6) is 0 Å². The number of aryl methyl sites for hydroxylation is 1. The van der Waals surface area contributed by atoms with Crippen LogP contribution in [0.1, 0.15) is 23.8 Å². The van der Waals surface area contributed by atoms with E-state index < -0.39 is 0 Å². The van der Waals surface area contributed by atoms with Gasteiger partial charge in [0, 0.05) is 0 Å². The number of rotatable bonds is 4. The molecule has 1 atom stereocenters. The highest BCUT2D eigenvalue weighted by molar-refractivity contribution is 8.15. The Labute approximate surface area is 139 Å². The van der Waals surface area contributed by atoms with Gasteiger partial charge in [-0.25, -0.2) is 0 Å². The van der Waals surface area contributed by atoms with Crippen molar-refractivity contribution < 1.29 is 9.21 Å². The van der Waals surface area contributed by atoms with Crippen LogP contribution >= 0.6 is 11.8 Å². The van der Waals surface area contributed by atoms with Gasteiger partial charge in [0.15, 0.2) is 5.17 Å². The first-order valence-electron chi connectivity index (χ1n) is 7.32. The van der Waals surface area contributed by atoms with Gasteiger partial charge in [0.2, 0.25) is 5.91 Å². The van der Waals surface area contributed by atoms with Gasteiger partial charge in [-0.1, -0.05) is 36.0 Å². The van der Waals surface area contributed by atoms with Crippen LogP contribution < -0.4 is 0 Å². The molecule has 0 bridgehead atoms. The Hall–Kier alpha value is -2.34. The lowest BCUT2D eigenvalue weighted by Crippen LogP contribution is -2.31. The summed E-state index contributed by atoms with van der Waals surface area (Å²) in [6, 6.07) is 11.6. The second-order valence-electron chi connectivity index (χ2n) is 5.25. The van der Waals surface area contributed by atoms with E-state index in [9.17, 15) is 4.79 Å². The largest absolute Gasteiger partial charge is 0.463 e. The molecule has 1 saturated heterocycles. The SMILES string of the molecule is Cc1ccccc1CN1C(=O)C(C)S/C1=N\N=C\c1ccco1. The molecule has 1 unspecified atom stereocenters. The zero-order valence-electron chi connectivity index (χ0n) is 13.0. The molecule has 0 aliphatic carbocycles. The highest BCUT2D eigenvalue weighted by Crippen LogP contribution is 2.29. The van der Waals surface area contributed by atoms with Gasteiger partial charge < -0.3 is 4.42 Å². The number of hydrogen-bond donors (Lipinski definition) is 0. The van der Waals surface area contributed by atoms with Gasteiger partial charge in [0.25, 0.3) is 0 Å². The minimum Gasteiger partial charge on any atom is -0.463 e. The van der Waals surface area contributed by atoms with Gasteiger partial charge in [-0.3, -0.25) is 9.69 Å². The third kappa shape index (κ3) is 3.53. The minimum absolute atomic E-state index is 0.0604. The molecular weight excluding hydrogens is 310 g/mol. The molecule has 3 rings (SSSR count). The predicted octanol–water partition coefficient (Wildman–Crippen LogP) is 3.44. The number of furan rings is 1. The lowest BCUT2D eigenvalue weighted by molar-refractivity contribution is -0.126. The summed E-state index contributed by atoms with van der Waals surface area (Å²) in [5, 5.41) is 8.71. The topological polar surface area (TPSA) is 58.2 Å². The van der Waals surface area contributed by atoms with Crippen LogP contribution in [0.15, 0.2) is 57.3 Å². The van der Waals surface area contributed by atoms with Crippen LogP contribution in [0.3, 0.4) is 0 Å². The third-order valence-corrected chi connectivity index (χ3v) is 4.66. The molecule has 0 spiro atoms. The van der Waals surface area contributed by atoms with Crippen LogP contribution in [-0.2, 0) is 11.3 Å². The summed E-state index contributed by atoms with van der Waals surface area (Å²) in [4.78, 5) is 14.1. The second-order valence-corrected chi connectivity index (χ2v) is 6.56. The van der Waals surface area contributed by atoms with Crippen molar-refractivity contribution in [2.24, 2.45) is 10.2 Å². The van der Waals surface area contributed by atoms with E-state index in [1.54, 1.807) is 23.3 Å². The van der Waals surface area contributed by atoms with E-state index in [2.05, 4.69) is 10.2 Å². The lowest BCUT2D eigenvalue weighted by atomic mass is 10.1. The Balaban J connectivity index is 1.80. The van der Waals surface area contributed by atoms with E-state index in [1.807, 2.05) is 38.1 Å². The zero-order chi connectivity index (χ0) is 16.2. The Kier molecular flexibility index (Phi) is 4.62. The fourth-order valence-corrected chi connectivity index (χ4v) is 3.19. The molecule has 1 aromatic heterocycles. The summed E-state index contributed by atoms with van der Waals surface area (Å²) >= 11 is 1.43. The number of hydrogen-bond acceptors (Lipinski definition) is 5. The van der Waals surface area contributed by atoms with Gasteiger partial charge in [-0.2, -0.15) is 5.10 Å². The van der Waals surface area contributed by atoms with Crippen molar-refractivity contribution in [3.8, 4) is 0 Å². The monoisotopic (exact) mass is 327 g/mol. The standard InChI is InChI=1S/C17H17N3O2S/c1-12-6-3-4-7-14(12)11-20-16(21)13(2)23-17(20)19-18-10-15-8-5-9-22-15/h3-10,13H,11H2,1-2H3/b18-10+,19-17-. The number of carbonyl (C=O) groups excluding carboxylic acids is 1. The fraction of sp³-hybridized carbons (Fsp3) is 0.235. The van der Waals surface area contributed by atoms with E-state index in [1.165, 1.54) is 18.0 Å². The molecule has 1 aliphatic heterocycles. The molecule has 0 radical (unpaired) electrons. The second kappa shape index (κ2) is 6.83. The van der Waals surface area contributed by atoms with Crippen LogP contribution in [-0.4, -0.2) is 27.4 Å². The number of thioether (sulfide) groups is 1. The molecule has 5 nitrogen and oxygen atoms in total. The van der Waals surface area contributed by atoms with E-state index in [0.717, 1.165) is 11.1 Å². The van der Waals surface area contributed by atoms with Gasteiger partial charge >= 0.3 is 0 Å². The van der Waals surface area contributed by atoms with E-state index in [-0.39, 0.29) is 11.2 Å². The maximum Gasteiger partial charge on any atom is 0.242 e. The molecule has 1 amide bonds. The first-order valence-corrected chi connectivity index (χ1v) is 8.20. The van der Waals surface area contributed by atoms with E-state index >= 15 is 0 Å². The summed E-state index contributed by atoms with van der Waals surface area (Å²) in [5.41, 5.74) is 2.27. The Bertz CT molecular complexity index is 753. The summed E-state index contributed by atoms with van der Waals surface area (Å²) in [6.07, 6.45) is 3.11. The van der Waals surface area contributed by atoms with E-state index in [4.69, 9.17) is 4.42 Å². The molecule has 6 heteroatoms. The highest BCUT2D eigenvalue weighted by atomic mass is 32.2. The van der Waals surface area contributed by atoms with Gasteiger partial charge in [0.1, 0.15) is 5.76 Å². The smallest absolute Gasteiger partial charge is 0.242 e. The van der Waals surface area contributed by atoms with Crippen LogP contribution in [0.2, 0.25) is 0 Å². The third-order valence-electron chi connectivity index (χ3n) is 3.59. The summed E-state index contributed by atoms with van der Waals surface area (Å²) in [5.74, 6) is 0.687. The van der Waals surface area contributed by atoms with Crippen molar-refractivity contribution in [3.05, 3.63) is 59.5 Å². The number of benzene rings is 1. The Morgan fingerprint density at radius 3 is 2.87 bits per heavy atom. The van der Waals surface area contributed by atoms with Crippen LogP contribution in [0, 0.1) is 6.92 Å². The molecular formula is C17H17N3O2S. The van der Waals surface area contributed by atoms with Gasteiger partial charge in [-0.15, -0.1) is 5.10 Å². The molecule has 118 valence electrons. The Morgan fingerprint density at radius 2 is 2.13 bits per heavy atom. The number of amides is 1.